The summed E-state index contributed by atoms with van der Waals surface area (Å²) in [7, 11) is 0. The number of morpholine rings is 1. The van der Waals surface area contributed by atoms with Crippen LogP contribution in [0.5, 0.6) is 0 Å². The molecule has 0 radical (unpaired) electrons. The third-order valence-corrected chi connectivity index (χ3v) is 4.34. The molecule has 1 fully saturated rings. The number of benzene rings is 2. The number of hydrogen-bond donors (Lipinski definition) is 1. The van der Waals surface area contributed by atoms with E-state index in [1.165, 1.54) is 5.56 Å². The first-order valence-electron chi connectivity index (χ1n) is 8.14. The molecule has 1 saturated heterocycles. The Morgan fingerprint density at radius 1 is 1.12 bits per heavy atom. The van der Waals surface area contributed by atoms with E-state index >= 15 is 0 Å². The maximum Gasteiger partial charge on any atom is 0.254 e. The number of nitrogens with one attached hydrogen (secondary N) is 1. The zero-order valence-electron chi connectivity index (χ0n) is 13.6. The fourth-order valence-electron chi connectivity index (χ4n) is 2.98. The van der Waals surface area contributed by atoms with Crippen LogP contribution in [0, 0.1) is 6.92 Å². The van der Waals surface area contributed by atoms with E-state index in [0.29, 0.717) is 31.9 Å². The molecule has 1 amide bonds. The lowest BCUT2D eigenvalue weighted by atomic mass is 10.1. The van der Waals surface area contributed by atoms with Crippen molar-refractivity contribution in [3.05, 3.63) is 53.6 Å². The van der Waals surface area contributed by atoms with Crippen molar-refractivity contribution in [2.24, 2.45) is 0 Å². The van der Waals surface area contributed by atoms with Crippen molar-refractivity contribution in [1.82, 2.24) is 14.9 Å². The molecular weight excluding hydrogens is 302 g/mol. The van der Waals surface area contributed by atoms with Gasteiger partial charge in [0.15, 0.2) is 0 Å². The number of H-pyrrole nitrogens is 1. The van der Waals surface area contributed by atoms with E-state index in [4.69, 9.17) is 4.74 Å². The molecule has 122 valence electrons. The van der Waals surface area contributed by atoms with Gasteiger partial charge in [0.1, 0.15) is 5.82 Å². The topological polar surface area (TPSA) is 58.2 Å². The SMILES string of the molecule is Cc1ccc2nc(-c3ccc(C(=O)N4CCOCC4)cc3)[nH]c2c1. The highest BCUT2D eigenvalue weighted by Crippen LogP contribution is 2.22. The minimum atomic E-state index is 0.0603. The van der Waals surface area contributed by atoms with Gasteiger partial charge >= 0.3 is 0 Å². The molecule has 1 aliphatic rings. The summed E-state index contributed by atoms with van der Waals surface area (Å²) >= 11 is 0. The van der Waals surface area contributed by atoms with Crippen molar-refractivity contribution in [3.63, 3.8) is 0 Å². The minimum Gasteiger partial charge on any atom is -0.378 e. The maximum atomic E-state index is 12.5. The van der Waals surface area contributed by atoms with Crippen LogP contribution >= 0.6 is 0 Å². The number of aryl methyl sites for hydroxylation is 1. The lowest BCUT2D eigenvalue weighted by molar-refractivity contribution is 0.0303. The monoisotopic (exact) mass is 321 g/mol. The molecule has 0 saturated carbocycles. The van der Waals surface area contributed by atoms with Crippen LogP contribution in [0.3, 0.4) is 0 Å². The van der Waals surface area contributed by atoms with Gasteiger partial charge in [0.25, 0.3) is 5.91 Å². The van der Waals surface area contributed by atoms with Gasteiger partial charge in [-0.15, -0.1) is 0 Å². The van der Waals surface area contributed by atoms with Crippen LogP contribution < -0.4 is 0 Å². The van der Waals surface area contributed by atoms with Gasteiger partial charge in [-0.05, 0) is 36.8 Å². The molecule has 24 heavy (non-hydrogen) atoms. The van der Waals surface area contributed by atoms with Crippen LogP contribution in [-0.4, -0.2) is 47.1 Å². The van der Waals surface area contributed by atoms with Crippen LogP contribution in [-0.2, 0) is 4.74 Å². The molecule has 0 bridgehead atoms. The number of carbonyl (C=O) groups excluding carboxylic acids is 1. The first-order valence-corrected chi connectivity index (χ1v) is 8.14. The highest BCUT2D eigenvalue weighted by atomic mass is 16.5. The number of ether oxygens (including phenoxy) is 1. The quantitative estimate of drug-likeness (QED) is 0.789. The van der Waals surface area contributed by atoms with Crippen LogP contribution in [0.25, 0.3) is 22.4 Å². The molecule has 1 aliphatic heterocycles. The van der Waals surface area contributed by atoms with Crippen LogP contribution in [0.2, 0.25) is 0 Å². The number of rotatable bonds is 2. The Hall–Kier alpha value is -2.66. The molecule has 0 unspecified atom stereocenters. The van der Waals surface area contributed by atoms with Gasteiger partial charge in [-0.25, -0.2) is 4.98 Å². The number of carbonyl (C=O) groups is 1. The summed E-state index contributed by atoms with van der Waals surface area (Å²) in [4.78, 5) is 22.3. The maximum absolute atomic E-state index is 12.5. The molecule has 2 aromatic carbocycles. The van der Waals surface area contributed by atoms with Crippen molar-refractivity contribution in [1.29, 1.82) is 0 Å². The van der Waals surface area contributed by atoms with E-state index in [-0.39, 0.29) is 5.91 Å². The number of imidazole rings is 1. The van der Waals surface area contributed by atoms with Crippen molar-refractivity contribution in [2.75, 3.05) is 26.3 Å². The molecule has 0 aliphatic carbocycles. The highest BCUT2D eigenvalue weighted by molar-refractivity contribution is 5.94. The van der Waals surface area contributed by atoms with Crippen molar-refractivity contribution in [3.8, 4) is 11.4 Å². The molecule has 4 rings (SSSR count). The zero-order valence-corrected chi connectivity index (χ0v) is 13.6. The number of aromatic nitrogens is 2. The minimum absolute atomic E-state index is 0.0603. The van der Waals surface area contributed by atoms with Gasteiger partial charge in [-0.3, -0.25) is 4.79 Å². The first kappa shape index (κ1) is 14.9. The molecule has 2 heterocycles. The molecule has 5 heteroatoms. The lowest BCUT2D eigenvalue weighted by Gasteiger charge is -2.26. The number of aromatic amines is 1. The second kappa shape index (κ2) is 6.09. The average molecular weight is 321 g/mol. The normalized spacial score (nSPS) is 15.0. The Labute approximate surface area is 140 Å². The fraction of sp³-hybridized carbons (Fsp3) is 0.263. The van der Waals surface area contributed by atoms with Gasteiger partial charge < -0.3 is 14.6 Å². The van der Waals surface area contributed by atoms with Gasteiger partial charge in [-0.2, -0.15) is 0 Å². The van der Waals surface area contributed by atoms with Crippen molar-refractivity contribution >= 4 is 16.9 Å². The van der Waals surface area contributed by atoms with E-state index < -0.39 is 0 Å². The van der Waals surface area contributed by atoms with Crippen LogP contribution in [0.1, 0.15) is 15.9 Å². The summed E-state index contributed by atoms with van der Waals surface area (Å²) in [5.74, 6) is 0.881. The van der Waals surface area contributed by atoms with Gasteiger partial charge in [0.2, 0.25) is 0 Å². The van der Waals surface area contributed by atoms with Crippen LogP contribution in [0.15, 0.2) is 42.5 Å². The number of fused-ring (bicyclic) bond motifs is 1. The van der Waals surface area contributed by atoms with E-state index in [1.54, 1.807) is 0 Å². The predicted molar refractivity (Wildman–Crippen MR) is 93.0 cm³/mol. The molecule has 1 aromatic heterocycles. The Bertz CT molecular complexity index is 877. The number of nitrogens with zero attached hydrogens (tertiary/aromatic N) is 2. The van der Waals surface area contributed by atoms with Gasteiger partial charge in [0, 0.05) is 24.2 Å². The Balaban J connectivity index is 1.59. The fourth-order valence-corrected chi connectivity index (χ4v) is 2.98. The molecule has 3 aromatic rings. The summed E-state index contributed by atoms with van der Waals surface area (Å²) in [6.45, 7) is 4.60. The second-order valence-corrected chi connectivity index (χ2v) is 6.09. The summed E-state index contributed by atoms with van der Waals surface area (Å²) in [6, 6.07) is 13.8. The number of hydrogen-bond acceptors (Lipinski definition) is 3. The molecule has 0 atom stereocenters. The van der Waals surface area contributed by atoms with Gasteiger partial charge in [0.05, 0.1) is 24.2 Å². The highest BCUT2D eigenvalue weighted by Gasteiger charge is 2.18. The van der Waals surface area contributed by atoms with Crippen LogP contribution in [0.4, 0.5) is 0 Å². The average Bonchev–Trinajstić information content (AvgIpc) is 3.05. The first-order chi connectivity index (χ1) is 11.7. The predicted octanol–water partition coefficient (Wildman–Crippen LogP) is 3.01. The largest absolute Gasteiger partial charge is 0.378 e. The number of amides is 1. The second-order valence-electron chi connectivity index (χ2n) is 6.09. The third-order valence-electron chi connectivity index (χ3n) is 4.34. The summed E-state index contributed by atoms with van der Waals surface area (Å²) in [5.41, 5.74) is 4.85. The van der Waals surface area contributed by atoms with E-state index in [1.807, 2.05) is 35.2 Å². The summed E-state index contributed by atoms with van der Waals surface area (Å²) < 4.78 is 5.29. The molecule has 1 N–H and O–H groups in total. The third kappa shape index (κ3) is 2.78. The smallest absolute Gasteiger partial charge is 0.254 e. The van der Waals surface area contributed by atoms with E-state index in [9.17, 15) is 4.79 Å². The Morgan fingerprint density at radius 3 is 2.62 bits per heavy atom. The van der Waals surface area contributed by atoms with E-state index in [0.717, 1.165) is 22.4 Å². The lowest BCUT2D eigenvalue weighted by Crippen LogP contribution is -2.40. The summed E-state index contributed by atoms with van der Waals surface area (Å²) in [6.07, 6.45) is 0. The van der Waals surface area contributed by atoms with Crippen molar-refractivity contribution in [2.45, 2.75) is 6.92 Å². The molecule has 0 spiro atoms. The summed E-state index contributed by atoms with van der Waals surface area (Å²) in [5, 5.41) is 0. The molecule has 5 nitrogen and oxygen atoms in total. The van der Waals surface area contributed by atoms with Gasteiger partial charge in [-0.1, -0.05) is 18.2 Å². The Kier molecular flexibility index (Phi) is 3.78. The Morgan fingerprint density at radius 2 is 1.88 bits per heavy atom. The van der Waals surface area contributed by atoms with Crippen molar-refractivity contribution < 1.29 is 9.53 Å². The molecular formula is C19H19N3O2. The standard InChI is InChI=1S/C19H19N3O2/c1-13-2-7-16-17(12-13)21-18(20-16)14-3-5-15(6-4-14)19(23)22-8-10-24-11-9-22/h2-7,12H,8-11H2,1H3,(H,20,21). The van der Waals surface area contributed by atoms with E-state index in [2.05, 4.69) is 29.0 Å². The zero-order chi connectivity index (χ0) is 16.5.